The second kappa shape index (κ2) is 8.35. The smallest absolute Gasteiger partial charge is 0.333 e. The van der Waals surface area contributed by atoms with Crippen LogP contribution in [0.15, 0.2) is 24.5 Å². The van der Waals surface area contributed by atoms with E-state index in [1.807, 2.05) is 0 Å². The fraction of sp³-hybridized carbons (Fsp3) is 0.545. The zero-order valence-electron chi connectivity index (χ0n) is 8.91. The van der Waals surface area contributed by atoms with Gasteiger partial charge in [0.2, 0.25) is 0 Å². The van der Waals surface area contributed by atoms with Gasteiger partial charge in [0.25, 0.3) is 0 Å². The first kappa shape index (κ1) is 12.8. The van der Waals surface area contributed by atoms with Crippen LogP contribution >= 0.6 is 0 Å². The van der Waals surface area contributed by atoms with E-state index in [-0.39, 0.29) is 12.6 Å². The predicted molar refractivity (Wildman–Crippen MR) is 55.8 cm³/mol. The first-order chi connectivity index (χ1) is 6.68. The molecule has 80 valence electrons. The van der Waals surface area contributed by atoms with E-state index in [1.54, 1.807) is 19.3 Å². The molecule has 0 aromatic carbocycles. The van der Waals surface area contributed by atoms with Gasteiger partial charge in [-0.15, -0.1) is 0 Å². The van der Waals surface area contributed by atoms with Gasteiger partial charge in [-0.25, -0.2) is 4.79 Å². The largest absolute Gasteiger partial charge is 0.501 e. The van der Waals surface area contributed by atoms with Crippen LogP contribution in [0.25, 0.3) is 0 Å². The molecular weight excluding hydrogens is 180 g/mol. The molecule has 0 fully saturated rings. The first-order valence-electron chi connectivity index (χ1n) is 4.77. The van der Waals surface area contributed by atoms with Gasteiger partial charge in [-0.3, -0.25) is 0 Å². The average molecular weight is 198 g/mol. The number of esters is 1. The number of unbranched alkanes of at least 4 members (excludes halogenated alkanes) is 1. The first-order valence-corrected chi connectivity index (χ1v) is 4.77. The van der Waals surface area contributed by atoms with Gasteiger partial charge in [0.05, 0.1) is 12.9 Å². The summed E-state index contributed by atoms with van der Waals surface area (Å²) in [6, 6.07) is 0. The summed E-state index contributed by atoms with van der Waals surface area (Å²) in [6.07, 6.45) is 5.37. The molecule has 0 atom stereocenters. The lowest BCUT2D eigenvalue weighted by molar-refractivity contribution is -0.137. The Hall–Kier alpha value is -1.25. The van der Waals surface area contributed by atoms with E-state index in [1.165, 1.54) is 0 Å². The quantitative estimate of drug-likeness (QED) is 0.273. The predicted octanol–water partition coefficient (Wildman–Crippen LogP) is 2.44. The van der Waals surface area contributed by atoms with E-state index < -0.39 is 0 Å². The van der Waals surface area contributed by atoms with Gasteiger partial charge in [-0.1, -0.05) is 19.9 Å². The zero-order valence-corrected chi connectivity index (χ0v) is 8.91. The molecule has 0 saturated carbocycles. The van der Waals surface area contributed by atoms with Crippen molar-refractivity contribution in [3.05, 3.63) is 24.5 Å². The van der Waals surface area contributed by atoms with Gasteiger partial charge in [0.15, 0.2) is 0 Å². The molecule has 3 heteroatoms. The summed E-state index contributed by atoms with van der Waals surface area (Å²) in [5.41, 5.74) is 0.408. The summed E-state index contributed by atoms with van der Waals surface area (Å²) in [5, 5.41) is 0. The van der Waals surface area contributed by atoms with Crippen molar-refractivity contribution >= 4 is 5.97 Å². The Morgan fingerprint density at radius 1 is 1.50 bits per heavy atom. The molecule has 14 heavy (non-hydrogen) atoms. The Morgan fingerprint density at radius 3 is 2.79 bits per heavy atom. The third-order valence-corrected chi connectivity index (χ3v) is 1.47. The molecular formula is C11H18O3. The minimum absolute atomic E-state index is 0.234. The molecule has 0 rings (SSSR count). The topological polar surface area (TPSA) is 35.5 Å². The van der Waals surface area contributed by atoms with Gasteiger partial charge in [0.1, 0.15) is 6.61 Å². The lowest BCUT2D eigenvalue weighted by Crippen LogP contribution is -2.04. The van der Waals surface area contributed by atoms with Crippen LogP contribution in [0, 0.1) is 0 Å². The van der Waals surface area contributed by atoms with Crippen molar-refractivity contribution in [3.63, 3.8) is 0 Å². The minimum atomic E-state index is -0.372. The van der Waals surface area contributed by atoms with E-state index in [9.17, 15) is 4.79 Å². The van der Waals surface area contributed by atoms with Gasteiger partial charge in [-0.05, 0) is 19.4 Å². The molecule has 0 heterocycles. The van der Waals surface area contributed by atoms with E-state index in [0.717, 1.165) is 12.8 Å². The fourth-order valence-corrected chi connectivity index (χ4v) is 0.650. The van der Waals surface area contributed by atoms with Crippen LogP contribution in [-0.2, 0) is 14.3 Å². The molecule has 0 amide bonds. The summed E-state index contributed by atoms with van der Waals surface area (Å²) in [6.45, 7) is 8.12. The molecule has 0 saturated heterocycles. The van der Waals surface area contributed by atoms with Crippen LogP contribution in [-0.4, -0.2) is 19.2 Å². The molecule has 0 aliphatic carbocycles. The van der Waals surface area contributed by atoms with Crippen molar-refractivity contribution in [1.82, 2.24) is 0 Å². The number of hydrogen-bond donors (Lipinski definition) is 0. The van der Waals surface area contributed by atoms with Crippen molar-refractivity contribution in [2.45, 2.75) is 26.7 Å². The highest BCUT2D eigenvalue weighted by atomic mass is 16.5. The Bertz CT molecular complexity index is 207. The Morgan fingerprint density at radius 2 is 2.21 bits per heavy atom. The molecule has 3 nitrogen and oxygen atoms in total. The van der Waals surface area contributed by atoms with E-state index in [0.29, 0.717) is 12.2 Å². The molecule has 0 unspecified atom stereocenters. The summed E-state index contributed by atoms with van der Waals surface area (Å²) < 4.78 is 9.93. The molecule has 0 radical (unpaired) electrons. The van der Waals surface area contributed by atoms with Crippen LogP contribution in [0.4, 0.5) is 0 Å². The third kappa shape index (κ3) is 7.40. The third-order valence-electron chi connectivity index (χ3n) is 1.47. The number of carbonyl (C=O) groups excluding carboxylic acids is 1. The molecule has 0 aromatic heterocycles. The van der Waals surface area contributed by atoms with Crippen molar-refractivity contribution < 1.29 is 14.3 Å². The average Bonchev–Trinajstić information content (AvgIpc) is 2.16. The Labute approximate surface area is 85.4 Å². The van der Waals surface area contributed by atoms with Gasteiger partial charge >= 0.3 is 5.97 Å². The van der Waals surface area contributed by atoms with Crippen LogP contribution in [0.3, 0.4) is 0 Å². The van der Waals surface area contributed by atoms with Crippen molar-refractivity contribution in [1.29, 1.82) is 0 Å². The monoisotopic (exact) mass is 198 g/mol. The van der Waals surface area contributed by atoms with Crippen LogP contribution in [0.1, 0.15) is 26.7 Å². The molecule has 0 aliphatic heterocycles. The summed E-state index contributed by atoms with van der Waals surface area (Å²) >= 11 is 0. The number of carbonyl (C=O) groups is 1. The molecule has 0 bridgehead atoms. The zero-order chi connectivity index (χ0) is 10.8. The summed E-state index contributed by atoms with van der Waals surface area (Å²) in [5.74, 6) is -0.372. The highest BCUT2D eigenvalue weighted by Crippen LogP contribution is 1.92. The number of ether oxygens (including phenoxy) is 2. The highest BCUT2D eigenvalue weighted by Gasteiger charge is 1.99. The summed E-state index contributed by atoms with van der Waals surface area (Å²) in [4.78, 5) is 10.9. The maximum absolute atomic E-state index is 10.9. The lowest BCUT2D eigenvalue weighted by Gasteiger charge is -2.00. The van der Waals surface area contributed by atoms with Gasteiger partial charge < -0.3 is 9.47 Å². The SMILES string of the molecule is C=C(C)C(=O)OCC=COCCCC. The second-order valence-corrected chi connectivity index (χ2v) is 2.97. The van der Waals surface area contributed by atoms with Crippen molar-refractivity contribution in [3.8, 4) is 0 Å². The lowest BCUT2D eigenvalue weighted by atomic mass is 10.4. The Balaban J connectivity index is 3.35. The van der Waals surface area contributed by atoms with Crippen LogP contribution < -0.4 is 0 Å². The maximum atomic E-state index is 10.9. The minimum Gasteiger partial charge on any atom is -0.501 e. The van der Waals surface area contributed by atoms with E-state index >= 15 is 0 Å². The molecule has 0 aliphatic rings. The van der Waals surface area contributed by atoms with Gasteiger partial charge in [0, 0.05) is 5.57 Å². The normalized spacial score (nSPS) is 10.1. The van der Waals surface area contributed by atoms with E-state index in [2.05, 4.69) is 13.5 Å². The van der Waals surface area contributed by atoms with Gasteiger partial charge in [-0.2, -0.15) is 0 Å². The van der Waals surface area contributed by atoms with Crippen LogP contribution in [0.5, 0.6) is 0 Å². The van der Waals surface area contributed by atoms with E-state index in [4.69, 9.17) is 9.47 Å². The van der Waals surface area contributed by atoms with Crippen molar-refractivity contribution in [2.24, 2.45) is 0 Å². The summed E-state index contributed by atoms with van der Waals surface area (Å²) in [7, 11) is 0. The Kier molecular flexibility index (Phi) is 7.61. The standard InChI is InChI=1S/C11H18O3/c1-4-5-7-13-8-6-9-14-11(12)10(2)3/h6,8H,2,4-5,7,9H2,1,3H3. The molecule has 0 aromatic rings. The molecule has 0 N–H and O–H groups in total. The molecule has 0 spiro atoms. The highest BCUT2D eigenvalue weighted by molar-refractivity contribution is 5.86. The number of rotatable bonds is 7. The fourth-order valence-electron chi connectivity index (χ4n) is 0.650. The second-order valence-electron chi connectivity index (χ2n) is 2.97. The van der Waals surface area contributed by atoms with Crippen LogP contribution in [0.2, 0.25) is 0 Å². The number of hydrogen-bond acceptors (Lipinski definition) is 3. The van der Waals surface area contributed by atoms with Crippen molar-refractivity contribution in [2.75, 3.05) is 13.2 Å². The maximum Gasteiger partial charge on any atom is 0.333 e.